The van der Waals surface area contributed by atoms with Crippen molar-refractivity contribution in [3.8, 4) is 0 Å². The Hall–Kier alpha value is -1.95. The molecule has 2 aliphatic heterocycles. The zero-order valence-corrected chi connectivity index (χ0v) is 14.3. The van der Waals surface area contributed by atoms with Crippen LogP contribution in [-0.4, -0.2) is 52.0 Å². The van der Waals surface area contributed by atoms with E-state index in [1.54, 1.807) is 11.8 Å². The summed E-state index contributed by atoms with van der Waals surface area (Å²) in [7, 11) is 0. The van der Waals surface area contributed by atoms with E-state index in [9.17, 15) is 9.59 Å². The first kappa shape index (κ1) is 15.6. The third kappa shape index (κ3) is 2.79. The number of carbonyl (C=O) groups excluding carboxylic acids is 2. The van der Waals surface area contributed by atoms with Crippen molar-refractivity contribution in [3.05, 3.63) is 36.0 Å². The highest BCUT2D eigenvalue weighted by Gasteiger charge is 2.34. The number of rotatable bonds is 5. The molecule has 1 atom stereocenters. The van der Waals surface area contributed by atoms with Crippen LogP contribution in [0.3, 0.4) is 0 Å². The minimum absolute atomic E-state index is 0.0722. The fourth-order valence-corrected chi connectivity index (χ4v) is 4.87. The largest absolute Gasteiger partial charge is 0.361 e. The number of para-hydroxylation sites is 1. The summed E-state index contributed by atoms with van der Waals surface area (Å²) in [6.07, 6.45) is 4.51. The standard InChI is InChI=1S/C18H21N3O2S/c22-16-7-3-8-20(16)9-4-10-21-17(23)12-24-18(21)14-11-19-15-6-2-1-5-13(14)15/h1-2,5-6,11,18-19H,3-4,7-10,12H2. The van der Waals surface area contributed by atoms with Crippen LogP contribution in [0.25, 0.3) is 10.9 Å². The fraction of sp³-hybridized carbons (Fsp3) is 0.444. The summed E-state index contributed by atoms with van der Waals surface area (Å²) in [5.41, 5.74) is 2.29. The van der Waals surface area contributed by atoms with Gasteiger partial charge in [-0.15, -0.1) is 11.8 Å². The van der Waals surface area contributed by atoms with Gasteiger partial charge < -0.3 is 14.8 Å². The molecule has 1 aromatic heterocycles. The number of benzene rings is 1. The molecule has 2 aliphatic rings. The van der Waals surface area contributed by atoms with Gasteiger partial charge in [-0.25, -0.2) is 0 Å². The summed E-state index contributed by atoms with van der Waals surface area (Å²) in [6.45, 7) is 2.33. The van der Waals surface area contributed by atoms with Crippen molar-refractivity contribution in [2.24, 2.45) is 0 Å². The number of likely N-dealkylation sites (tertiary alicyclic amines) is 1. The number of aromatic amines is 1. The third-order valence-corrected chi connectivity index (χ3v) is 6.09. The van der Waals surface area contributed by atoms with Crippen LogP contribution in [0.5, 0.6) is 0 Å². The van der Waals surface area contributed by atoms with Gasteiger partial charge >= 0.3 is 0 Å². The van der Waals surface area contributed by atoms with Crippen molar-refractivity contribution in [1.82, 2.24) is 14.8 Å². The number of fused-ring (bicyclic) bond motifs is 1. The van der Waals surface area contributed by atoms with Crippen LogP contribution in [-0.2, 0) is 9.59 Å². The summed E-state index contributed by atoms with van der Waals surface area (Å²) in [6, 6.07) is 8.21. The average molecular weight is 343 g/mol. The topological polar surface area (TPSA) is 56.4 Å². The van der Waals surface area contributed by atoms with Gasteiger partial charge in [-0.2, -0.15) is 0 Å². The molecule has 0 spiro atoms. The molecule has 3 heterocycles. The quantitative estimate of drug-likeness (QED) is 0.908. The molecular formula is C18H21N3O2S. The van der Waals surface area contributed by atoms with Crippen molar-refractivity contribution >= 4 is 34.5 Å². The van der Waals surface area contributed by atoms with E-state index in [4.69, 9.17) is 0 Å². The number of H-pyrrole nitrogens is 1. The second kappa shape index (κ2) is 6.51. The second-order valence-electron chi connectivity index (χ2n) is 6.38. The van der Waals surface area contributed by atoms with Crippen LogP contribution in [0.4, 0.5) is 0 Å². The van der Waals surface area contributed by atoms with Gasteiger partial charge in [0.25, 0.3) is 0 Å². The smallest absolute Gasteiger partial charge is 0.233 e. The summed E-state index contributed by atoms with van der Waals surface area (Å²) in [5.74, 6) is 0.987. The molecule has 2 aromatic rings. The van der Waals surface area contributed by atoms with Gasteiger partial charge in [-0.1, -0.05) is 18.2 Å². The normalized spacial score (nSPS) is 21.4. The molecule has 2 saturated heterocycles. The van der Waals surface area contributed by atoms with E-state index >= 15 is 0 Å². The first-order valence-corrected chi connectivity index (χ1v) is 9.54. The highest BCUT2D eigenvalue weighted by atomic mass is 32.2. The Morgan fingerprint density at radius 1 is 1.17 bits per heavy atom. The molecule has 2 amide bonds. The lowest BCUT2D eigenvalue weighted by Crippen LogP contribution is -2.33. The Labute approximate surface area is 145 Å². The van der Waals surface area contributed by atoms with Gasteiger partial charge in [0.1, 0.15) is 5.37 Å². The van der Waals surface area contributed by atoms with Crippen LogP contribution in [0.2, 0.25) is 0 Å². The zero-order chi connectivity index (χ0) is 16.5. The Morgan fingerprint density at radius 2 is 2.04 bits per heavy atom. The first-order valence-electron chi connectivity index (χ1n) is 8.49. The molecule has 0 aliphatic carbocycles. The van der Waals surface area contributed by atoms with Crippen molar-refractivity contribution in [2.75, 3.05) is 25.4 Å². The number of hydrogen-bond donors (Lipinski definition) is 1. The molecular weight excluding hydrogens is 322 g/mol. The maximum Gasteiger partial charge on any atom is 0.233 e. The number of nitrogens with zero attached hydrogens (tertiary/aromatic N) is 2. The summed E-state index contributed by atoms with van der Waals surface area (Å²) in [4.78, 5) is 31.2. The minimum atomic E-state index is 0.0722. The molecule has 24 heavy (non-hydrogen) atoms. The van der Waals surface area contributed by atoms with Gasteiger partial charge in [0.2, 0.25) is 11.8 Å². The van der Waals surface area contributed by atoms with E-state index in [1.165, 1.54) is 10.9 Å². The number of aromatic nitrogens is 1. The molecule has 2 fully saturated rings. The van der Waals surface area contributed by atoms with Gasteiger partial charge in [-0.3, -0.25) is 9.59 Å². The molecule has 5 nitrogen and oxygen atoms in total. The summed E-state index contributed by atoms with van der Waals surface area (Å²) >= 11 is 1.69. The zero-order valence-electron chi connectivity index (χ0n) is 13.5. The molecule has 0 saturated carbocycles. The maximum absolute atomic E-state index is 12.3. The second-order valence-corrected chi connectivity index (χ2v) is 7.45. The van der Waals surface area contributed by atoms with Crippen molar-refractivity contribution in [3.63, 3.8) is 0 Å². The lowest BCUT2D eigenvalue weighted by Gasteiger charge is -2.25. The SMILES string of the molecule is O=C1CCCN1CCCN1C(=O)CSC1c1c[nH]c2ccccc12. The lowest BCUT2D eigenvalue weighted by molar-refractivity contribution is -0.128. The molecule has 6 heteroatoms. The van der Waals surface area contributed by atoms with E-state index in [1.807, 2.05) is 28.1 Å². The average Bonchev–Trinajstić information content (AvgIpc) is 3.28. The Bertz CT molecular complexity index is 772. The van der Waals surface area contributed by atoms with E-state index in [0.717, 1.165) is 31.4 Å². The highest BCUT2D eigenvalue weighted by molar-refractivity contribution is 8.00. The van der Waals surface area contributed by atoms with Crippen LogP contribution < -0.4 is 0 Å². The van der Waals surface area contributed by atoms with Crippen molar-refractivity contribution in [2.45, 2.75) is 24.6 Å². The third-order valence-electron chi connectivity index (χ3n) is 4.85. The molecule has 0 radical (unpaired) electrons. The molecule has 1 aromatic carbocycles. The molecule has 126 valence electrons. The first-order chi connectivity index (χ1) is 11.7. The van der Waals surface area contributed by atoms with Crippen LogP contribution in [0.1, 0.15) is 30.2 Å². The molecule has 1 unspecified atom stereocenters. The molecule has 0 bridgehead atoms. The monoisotopic (exact) mass is 343 g/mol. The number of amides is 2. The molecule has 1 N–H and O–H groups in total. The predicted octanol–water partition coefficient (Wildman–Crippen LogP) is 2.75. The highest BCUT2D eigenvalue weighted by Crippen LogP contribution is 2.41. The number of thioether (sulfide) groups is 1. The van der Waals surface area contributed by atoms with Gasteiger partial charge in [-0.05, 0) is 18.9 Å². The van der Waals surface area contributed by atoms with E-state index < -0.39 is 0 Å². The van der Waals surface area contributed by atoms with E-state index in [0.29, 0.717) is 18.7 Å². The lowest BCUT2D eigenvalue weighted by atomic mass is 10.1. The number of hydrogen-bond acceptors (Lipinski definition) is 3. The van der Waals surface area contributed by atoms with Gasteiger partial charge in [0.05, 0.1) is 5.75 Å². The Balaban J connectivity index is 1.46. The Morgan fingerprint density at radius 3 is 2.88 bits per heavy atom. The van der Waals surface area contributed by atoms with Gasteiger partial charge in [0, 0.05) is 48.7 Å². The predicted molar refractivity (Wildman–Crippen MR) is 95.6 cm³/mol. The summed E-state index contributed by atoms with van der Waals surface area (Å²) < 4.78 is 0. The molecule has 4 rings (SSSR count). The van der Waals surface area contributed by atoms with Gasteiger partial charge in [0.15, 0.2) is 0 Å². The maximum atomic E-state index is 12.3. The minimum Gasteiger partial charge on any atom is -0.361 e. The fourth-order valence-electron chi connectivity index (χ4n) is 3.62. The Kier molecular flexibility index (Phi) is 4.22. The van der Waals surface area contributed by atoms with Crippen LogP contribution in [0, 0.1) is 0 Å². The van der Waals surface area contributed by atoms with E-state index in [-0.39, 0.29) is 17.2 Å². The van der Waals surface area contributed by atoms with Crippen LogP contribution >= 0.6 is 11.8 Å². The number of carbonyl (C=O) groups is 2. The van der Waals surface area contributed by atoms with E-state index in [2.05, 4.69) is 17.1 Å². The summed E-state index contributed by atoms with van der Waals surface area (Å²) in [5, 5.41) is 1.26. The van der Waals surface area contributed by atoms with Crippen molar-refractivity contribution < 1.29 is 9.59 Å². The van der Waals surface area contributed by atoms with Crippen molar-refractivity contribution in [1.29, 1.82) is 0 Å². The van der Waals surface area contributed by atoms with Crippen LogP contribution in [0.15, 0.2) is 30.5 Å². The number of nitrogens with one attached hydrogen (secondary N) is 1.